The van der Waals surface area contributed by atoms with E-state index in [1.54, 1.807) is 31.1 Å². The molecule has 2 N–H and O–H groups in total. The lowest BCUT2D eigenvalue weighted by Crippen LogP contribution is -2.34. The van der Waals surface area contributed by atoms with Gasteiger partial charge in [0.25, 0.3) is 0 Å². The maximum Gasteiger partial charge on any atom is 0.233 e. The van der Waals surface area contributed by atoms with Gasteiger partial charge in [0.15, 0.2) is 5.82 Å². The summed E-state index contributed by atoms with van der Waals surface area (Å²) in [6, 6.07) is 4.56. The maximum absolute atomic E-state index is 13.1. The monoisotopic (exact) mass is 347 g/mol. The first-order valence-electron chi connectivity index (χ1n) is 8.29. The number of halogens is 1. The summed E-state index contributed by atoms with van der Waals surface area (Å²) in [5.41, 5.74) is 5.83. The molecule has 0 aromatic carbocycles. The number of carbonyl (C=O) groups excluding carboxylic acids is 1. The lowest BCUT2D eigenvalue weighted by Gasteiger charge is -2.29. The fourth-order valence-electron chi connectivity index (χ4n) is 3.11. The molecule has 0 atom stereocenters. The van der Waals surface area contributed by atoms with Crippen LogP contribution in [0.2, 0.25) is 0 Å². The highest BCUT2D eigenvalue weighted by Gasteiger charge is 2.28. The minimum atomic E-state index is -0.587. The van der Waals surface area contributed by atoms with Gasteiger partial charge in [-0.05, 0) is 25.7 Å². The highest BCUT2D eigenvalue weighted by atomic mass is 19.1. The van der Waals surface area contributed by atoms with Crippen molar-refractivity contribution >= 4 is 11.7 Å². The molecule has 0 unspecified atom stereocenters. The SMILES string of the molecule is CN(C)C(=O)[C@H]1CC[C@@H](Oc2cc(N)nc(-n3ccc(F)n3)c2)CC1. The summed E-state index contributed by atoms with van der Waals surface area (Å²) in [6.07, 6.45) is 4.71. The van der Waals surface area contributed by atoms with Gasteiger partial charge in [0.1, 0.15) is 11.6 Å². The number of nitrogens with two attached hydrogens (primary N) is 1. The zero-order valence-corrected chi connectivity index (χ0v) is 14.4. The number of pyridine rings is 1. The van der Waals surface area contributed by atoms with Crippen molar-refractivity contribution < 1.29 is 13.9 Å². The molecular weight excluding hydrogens is 325 g/mol. The predicted molar refractivity (Wildman–Crippen MR) is 90.8 cm³/mol. The topological polar surface area (TPSA) is 86.3 Å². The Morgan fingerprint density at radius 3 is 2.64 bits per heavy atom. The average molecular weight is 347 g/mol. The van der Waals surface area contributed by atoms with E-state index in [1.165, 1.54) is 16.9 Å². The Hall–Kier alpha value is -2.64. The second-order valence-corrected chi connectivity index (χ2v) is 6.49. The Kier molecular flexibility index (Phi) is 4.87. The number of anilines is 1. The molecule has 2 heterocycles. The Labute approximate surface area is 145 Å². The van der Waals surface area contributed by atoms with Gasteiger partial charge < -0.3 is 15.4 Å². The van der Waals surface area contributed by atoms with Crippen molar-refractivity contribution in [1.82, 2.24) is 19.7 Å². The van der Waals surface area contributed by atoms with E-state index in [9.17, 15) is 9.18 Å². The molecule has 1 amide bonds. The smallest absolute Gasteiger partial charge is 0.233 e. The van der Waals surface area contributed by atoms with Crippen molar-refractivity contribution in [3.8, 4) is 11.6 Å². The first-order valence-corrected chi connectivity index (χ1v) is 8.29. The minimum Gasteiger partial charge on any atom is -0.490 e. The van der Waals surface area contributed by atoms with Gasteiger partial charge >= 0.3 is 0 Å². The van der Waals surface area contributed by atoms with Crippen molar-refractivity contribution in [2.75, 3.05) is 19.8 Å². The van der Waals surface area contributed by atoms with Gasteiger partial charge in [-0.2, -0.15) is 4.39 Å². The van der Waals surface area contributed by atoms with Crippen LogP contribution >= 0.6 is 0 Å². The molecule has 2 aromatic rings. The van der Waals surface area contributed by atoms with Crippen molar-refractivity contribution in [2.24, 2.45) is 5.92 Å². The largest absolute Gasteiger partial charge is 0.490 e. The molecule has 25 heavy (non-hydrogen) atoms. The summed E-state index contributed by atoms with van der Waals surface area (Å²) in [4.78, 5) is 17.8. The van der Waals surface area contributed by atoms with Crippen molar-refractivity contribution in [3.05, 3.63) is 30.3 Å². The molecule has 1 fully saturated rings. The Balaban J connectivity index is 1.66. The molecule has 1 aliphatic carbocycles. The molecule has 1 aliphatic rings. The van der Waals surface area contributed by atoms with Gasteiger partial charge in [-0.3, -0.25) is 4.79 Å². The Morgan fingerprint density at radius 2 is 2.04 bits per heavy atom. The highest BCUT2D eigenvalue weighted by Crippen LogP contribution is 2.29. The number of amides is 1. The Morgan fingerprint density at radius 1 is 1.32 bits per heavy atom. The molecule has 3 rings (SSSR count). The van der Waals surface area contributed by atoms with E-state index >= 15 is 0 Å². The molecule has 134 valence electrons. The van der Waals surface area contributed by atoms with Crippen LogP contribution in [0.15, 0.2) is 24.4 Å². The van der Waals surface area contributed by atoms with Gasteiger partial charge in [0.2, 0.25) is 11.9 Å². The maximum atomic E-state index is 13.1. The number of hydrogen-bond donors (Lipinski definition) is 1. The van der Waals surface area contributed by atoms with Gasteiger partial charge in [-0.15, -0.1) is 5.10 Å². The van der Waals surface area contributed by atoms with Crippen molar-refractivity contribution in [2.45, 2.75) is 31.8 Å². The number of carbonyl (C=O) groups is 1. The second-order valence-electron chi connectivity index (χ2n) is 6.49. The van der Waals surface area contributed by atoms with E-state index in [4.69, 9.17) is 10.5 Å². The van der Waals surface area contributed by atoms with Gasteiger partial charge in [-0.25, -0.2) is 9.67 Å². The summed E-state index contributed by atoms with van der Waals surface area (Å²) in [5, 5.41) is 3.69. The van der Waals surface area contributed by atoms with Crippen LogP contribution in [0.4, 0.5) is 10.2 Å². The molecule has 0 radical (unpaired) electrons. The van der Waals surface area contributed by atoms with E-state index in [-0.39, 0.29) is 23.7 Å². The number of hydrogen-bond acceptors (Lipinski definition) is 5. The first kappa shape index (κ1) is 17.2. The third-order valence-electron chi connectivity index (χ3n) is 4.36. The van der Waals surface area contributed by atoms with E-state index in [2.05, 4.69) is 10.1 Å². The molecule has 1 saturated carbocycles. The van der Waals surface area contributed by atoms with E-state index < -0.39 is 5.95 Å². The molecule has 2 aromatic heterocycles. The number of nitrogen functional groups attached to an aromatic ring is 1. The van der Waals surface area contributed by atoms with Crippen molar-refractivity contribution in [3.63, 3.8) is 0 Å². The van der Waals surface area contributed by atoms with Gasteiger partial charge in [0.05, 0.1) is 6.10 Å². The molecular formula is C17H22FN5O2. The number of rotatable bonds is 4. The van der Waals surface area contributed by atoms with E-state index in [0.717, 1.165) is 25.7 Å². The molecule has 0 bridgehead atoms. The molecule has 0 aliphatic heterocycles. The standard InChI is InChI=1S/C17H22FN5O2/c1-22(2)17(24)11-3-5-12(6-4-11)25-13-9-15(19)20-16(10-13)23-8-7-14(18)21-23/h7-12H,3-6H2,1-2H3,(H2,19,20)/t11-,12+. The summed E-state index contributed by atoms with van der Waals surface area (Å²) in [5.74, 6) is 0.904. The molecule has 0 saturated heterocycles. The van der Waals surface area contributed by atoms with Crippen LogP contribution in [-0.2, 0) is 4.79 Å². The van der Waals surface area contributed by atoms with Gasteiger partial charge in [-0.1, -0.05) is 0 Å². The third kappa shape index (κ3) is 4.07. The molecule has 8 heteroatoms. The van der Waals surface area contributed by atoms with Crippen LogP contribution in [-0.4, -0.2) is 45.8 Å². The first-order chi connectivity index (χ1) is 11.9. The second kappa shape index (κ2) is 7.08. The minimum absolute atomic E-state index is 0.0234. The fraction of sp³-hybridized carbons (Fsp3) is 0.471. The van der Waals surface area contributed by atoms with Crippen LogP contribution in [0.3, 0.4) is 0 Å². The summed E-state index contributed by atoms with van der Waals surface area (Å²) in [6.45, 7) is 0. The molecule has 0 spiro atoms. The number of aromatic nitrogens is 3. The van der Waals surface area contributed by atoms with Gasteiger partial charge in [0, 0.05) is 44.4 Å². The quantitative estimate of drug-likeness (QED) is 0.914. The number of nitrogens with zero attached hydrogens (tertiary/aromatic N) is 4. The lowest BCUT2D eigenvalue weighted by molar-refractivity contribution is -0.134. The summed E-state index contributed by atoms with van der Waals surface area (Å²) >= 11 is 0. The third-order valence-corrected chi connectivity index (χ3v) is 4.36. The summed E-state index contributed by atoms with van der Waals surface area (Å²) in [7, 11) is 3.56. The highest BCUT2D eigenvalue weighted by molar-refractivity contribution is 5.78. The number of ether oxygens (including phenoxy) is 1. The average Bonchev–Trinajstić information content (AvgIpc) is 3.01. The summed E-state index contributed by atoms with van der Waals surface area (Å²) < 4.78 is 20.4. The van der Waals surface area contributed by atoms with Crippen LogP contribution < -0.4 is 10.5 Å². The van der Waals surface area contributed by atoms with E-state index in [0.29, 0.717) is 11.6 Å². The van der Waals surface area contributed by atoms with Crippen LogP contribution in [0.5, 0.6) is 5.75 Å². The normalized spacial score (nSPS) is 20.3. The Bertz CT molecular complexity index is 753. The fourth-order valence-corrected chi connectivity index (χ4v) is 3.11. The van der Waals surface area contributed by atoms with Crippen LogP contribution in [0.25, 0.3) is 5.82 Å². The van der Waals surface area contributed by atoms with Crippen LogP contribution in [0.1, 0.15) is 25.7 Å². The van der Waals surface area contributed by atoms with Crippen molar-refractivity contribution in [1.29, 1.82) is 0 Å². The predicted octanol–water partition coefficient (Wildman–Crippen LogP) is 2.01. The van der Waals surface area contributed by atoms with E-state index in [1.807, 2.05) is 0 Å². The molecule has 7 nitrogen and oxygen atoms in total. The zero-order valence-electron chi connectivity index (χ0n) is 14.4. The zero-order chi connectivity index (χ0) is 18.0. The lowest BCUT2D eigenvalue weighted by atomic mass is 9.86. The van der Waals surface area contributed by atoms with Crippen LogP contribution in [0, 0.1) is 11.9 Å².